The highest BCUT2D eigenvalue weighted by Crippen LogP contribution is 2.36. The Hall–Kier alpha value is -2.74. The number of methoxy groups -OCH3 is 3. The second-order valence-corrected chi connectivity index (χ2v) is 5.68. The Kier molecular flexibility index (Phi) is 6.24. The van der Waals surface area contributed by atoms with Gasteiger partial charge in [0.25, 0.3) is 5.91 Å². The SMILES string of the molecule is COc1ccc(C(=O)N/N=C/c2cc(OC)c(O)c(OC)c2)cc1Br. The summed E-state index contributed by atoms with van der Waals surface area (Å²) >= 11 is 3.32. The van der Waals surface area contributed by atoms with Crippen molar-refractivity contribution in [1.82, 2.24) is 5.43 Å². The molecule has 0 aliphatic rings. The van der Waals surface area contributed by atoms with Crippen molar-refractivity contribution >= 4 is 28.1 Å². The third kappa shape index (κ3) is 4.42. The van der Waals surface area contributed by atoms with Gasteiger partial charge >= 0.3 is 0 Å². The summed E-state index contributed by atoms with van der Waals surface area (Å²) in [5.41, 5.74) is 3.43. The molecule has 0 bridgehead atoms. The van der Waals surface area contributed by atoms with Gasteiger partial charge in [-0.1, -0.05) is 0 Å². The Labute approximate surface area is 153 Å². The number of benzene rings is 2. The lowest BCUT2D eigenvalue weighted by Gasteiger charge is -2.09. The second-order valence-electron chi connectivity index (χ2n) is 4.82. The summed E-state index contributed by atoms with van der Waals surface area (Å²) in [6.07, 6.45) is 1.42. The molecule has 0 radical (unpaired) electrons. The minimum Gasteiger partial charge on any atom is -0.502 e. The van der Waals surface area contributed by atoms with Crippen molar-refractivity contribution in [3.05, 3.63) is 45.9 Å². The van der Waals surface area contributed by atoms with E-state index in [4.69, 9.17) is 14.2 Å². The van der Waals surface area contributed by atoms with Crippen molar-refractivity contribution in [2.75, 3.05) is 21.3 Å². The first kappa shape index (κ1) is 18.6. The summed E-state index contributed by atoms with van der Waals surface area (Å²) in [7, 11) is 4.40. The first-order chi connectivity index (χ1) is 12.0. The summed E-state index contributed by atoms with van der Waals surface area (Å²) in [5, 5.41) is 13.8. The van der Waals surface area contributed by atoms with Crippen LogP contribution in [0.25, 0.3) is 0 Å². The highest BCUT2D eigenvalue weighted by atomic mass is 79.9. The molecule has 0 aliphatic heterocycles. The number of halogens is 1. The van der Waals surface area contributed by atoms with Crippen LogP contribution >= 0.6 is 15.9 Å². The van der Waals surface area contributed by atoms with Crippen LogP contribution in [0.4, 0.5) is 0 Å². The number of ether oxygens (including phenoxy) is 3. The van der Waals surface area contributed by atoms with E-state index in [2.05, 4.69) is 26.5 Å². The zero-order valence-corrected chi connectivity index (χ0v) is 15.5. The Bertz CT molecular complexity index is 783. The molecule has 2 aromatic carbocycles. The molecule has 0 atom stereocenters. The van der Waals surface area contributed by atoms with Crippen molar-refractivity contribution in [3.63, 3.8) is 0 Å². The van der Waals surface area contributed by atoms with Gasteiger partial charge in [0.2, 0.25) is 5.75 Å². The number of nitrogens with one attached hydrogen (secondary N) is 1. The van der Waals surface area contributed by atoms with Gasteiger partial charge in [-0.05, 0) is 46.3 Å². The molecule has 132 valence electrons. The number of hydrazone groups is 1. The van der Waals surface area contributed by atoms with Crippen LogP contribution in [0.1, 0.15) is 15.9 Å². The van der Waals surface area contributed by atoms with Crippen molar-refractivity contribution in [3.8, 4) is 23.0 Å². The number of carbonyl (C=O) groups is 1. The summed E-state index contributed by atoms with van der Waals surface area (Å²) < 4.78 is 15.9. The molecule has 2 rings (SSSR count). The maximum Gasteiger partial charge on any atom is 0.271 e. The highest BCUT2D eigenvalue weighted by molar-refractivity contribution is 9.10. The van der Waals surface area contributed by atoms with Gasteiger partial charge in [0, 0.05) is 11.1 Å². The normalized spacial score (nSPS) is 10.6. The van der Waals surface area contributed by atoms with Crippen molar-refractivity contribution < 1.29 is 24.1 Å². The van der Waals surface area contributed by atoms with Crippen LogP contribution < -0.4 is 19.6 Å². The van der Waals surface area contributed by atoms with Gasteiger partial charge in [0.15, 0.2) is 11.5 Å². The van der Waals surface area contributed by atoms with Crippen molar-refractivity contribution in [2.45, 2.75) is 0 Å². The van der Waals surface area contributed by atoms with Crippen LogP contribution in [0.15, 0.2) is 39.9 Å². The maximum absolute atomic E-state index is 12.1. The van der Waals surface area contributed by atoms with Gasteiger partial charge < -0.3 is 19.3 Å². The van der Waals surface area contributed by atoms with Gasteiger partial charge in [-0.2, -0.15) is 5.10 Å². The molecule has 0 aliphatic carbocycles. The molecule has 0 saturated heterocycles. The number of carbonyl (C=O) groups excluding carboxylic acids is 1. The van der Waals surface area contributed by atoms with Gasteiger partial charge in [0.05, 0.1) is 32.0 Å². The Morgan fingerprint density at radius 1 is 1.08 bits per heavy atom. The number of hydrogen-bond donors (Lipinski definition) is 2. The largest absolute Gasteiger partial charge is 0.502 e. The summed E-state index contributed by atoms with van der Waals surface area (Å²) in [5.74, 6) is 0.632. The van der Waals surface area contributed by atoms with Crippen LogP contribution in [-0.4, -0.2) is 38.6 Å². The Morgan fingerprint density at radius 2 is 1.68 bits per heavy atom. The molecular weight excluding hydrogens is 392 g/mol. The summed E-state index contributed by atoms with van der Waals surface area (Å²) in [4.78, 5) is 12.1. The van der Waals surface area contributed by atoms with E-state index >= 15 is 0 Å². The second kappa shape index (κ2) is 8.39. The molecule has 7 nitrogen and oxygen atoms in total. The van der Waals surface area contributed by atoms with Crippen LogP contribution in [0, 0.1) is 0 Å². The Balaban J connectivity index is 2.12. The number of amides is 1. The zero-order valence-electron chi connectivity index (χ0n) is 13.9. The number of phenols is 1. The van der Waals surface area contributed by atoms with Gasteiger partial charge in [-0.25, -0.2) is 5.43 Å². The van der Waals surface area contributed by atoms with Crippen LogP contribution in [0.5, 0.6) is 23.0 Å². The fraction of sp³-hybridized carbons (Fsp3) is 0.176. The van der Waals surface area contributed by atoms with E-state index in [0.717, 1.165) is 0 Å². The highest BCUT2D eigenvalue weighted by Gasteiger charge is 2.11. The lowest BCUT2D eigenvalue weighted by atomic mass is 10.2. The average molecular weight is 409 g/mol. The van der Waals surface area contributed by atoms with Crippen LogP contribution in [-0.2, 0) is 0 Å². The molecule has 0 spiro atoms. The molecule has 0 saturated carbocycles. The van der Waals surface area contributed by atoms with E-state index in [1.54, 1.807) is 37.4 Å². The molecule has 0 heterocycles. The molecule has 25 heavy (non-hydrogen) atoms. The smallest absolute Gasteiger partial charge is 0.271 e. The average Bonchev–Trinajstić information content (AvgIpc) is 2.62. The molecule has 0 unspecified atom stereocenters. The number of aromatic hydroxyl groups is 1. The van der Waals surface area contributed by atoms with E-state index < -0.39 is 0 Å². The molecule has 2 N–H and O–H groups in total. The minimum atomic E-state index is -0.377. The van der Waals surface area contributed by atoms with Crippen molar-refractivity contribution in [2.24, 2.45) is 5.10 Å². The van der Waals surface area contributed by atoms with E-state index in [9.17, 15) is 9.90 Å². The predicted octanol–water partition coefficient (Wildman–Crippen LogP) is 2.94. The lowest BCUT2D eigenvalue weighted by Crippen LogP contribution is -2.17. The fourth-order valence-corrected chi connectivity index (χ4v) is 2.57. The quantitative estimate of drug-likeness (QED) is 0.566. The number of phenolic OH excluding ortho intramolecular Hbond substituents is 1. The molecule has 2 aromatic rings. The number of rotatable bonds is 6. The van der Waals surface area contributed by atoms with Crippen LogP contribution in [0.2, 0.25) is 0 Å². The standard InChI is InChI=1S/C17H17BrN2O5/c1-23-13-5-4-11(8-12(13)18)17(22)20-19-9-10-6-14(24-2)16(21)15(7-10)25-3/h4-9,21H,1-3H3,(H,20,22)/b19-9+. The number of hydrogen-bond acceptors (Lipinski definition) is 6. The fourth-order valence-electron chi connectivity index (χ4n) is 2.03. The van der Waals surface area contributed by atoms with Crippen LogP contribution in [0.3, 0.4) is 0 Å². The van der Waals surface area contributed by atoms with E-state index in [-0.39, 0.29) is 23.2 Å². The lowest BCUT2D eigenvalue weighted by molar-refractivity contribution is 0.0955. The summed E-state index contributed by atoms with van der Waals surface area (Å²) in [6, 6.07) is 8.07. The van der Waals surface area contributed by atoms with Gasteiger partial charge in [-0.15, -0.1) is 0 Å². The van der Waals surface area contributed by atoms with E-state index in [0.29, 0.717) is 21.3 Å². The molecular formula is C17H17BrN2O5. The molecule has 8 heteroatoms. The molecule has 0 aromatic heterocycles. The topological polar surface area (TPSA) is 89.4 Å². The first-order valence-electron chi connectivity index (χ1n) is 7.12. The minimum absolute atomic E-state index is 0.103. The molecule has 0 fully saturated rings. The molecule has 1 amide bonds. The Morgan fingerprint density at radius 3 is 2.20 bits per heavy atom. The monoisotopic (exact) mass is 408 g/mol. The van der Waals surface area contributed by atoms with E-state index in [1.165, 1.54) is 20.4 Å². The number of nitrogens with zero attached hydrogens (tertiary/aromatic N) is 1. The van der Waals surface area contributed by atoms with Crippen molar-refractivity contribution in [1.29, 1.82) is 0 Å². The first-order valence-corrected chi connectivity index (χ1v) is 7.91. The zero-order chi connectivity index (χ0) is 18.4. The van der Waals surface area contributed by atoms with Gasteiger partial charge in [-0.3, -0.25) is 4.79 Å². The predicted molar refractivity (Wildman–Crippen MR) is 97.0 cm³/mol. The third-order valence-corrected chi connectivity index (χ3v) is 3.92. The third-order valence-electron chi connectivity index (χ3n) is 3.30. The summed E-state index contributed by atoms with van der Waals surface area (Å²) in [6.45, 7) is 0. The van der Waals surface area contributed by atoms with Gasteiger partial charge in [0.1, 0.15) is 5.75 Å². The van der Waals surface area contributed by atoms with E-state index in [1.807, 2.05) is 0 Å². The maximum atomic E-state index is 12.1.